The van der Waals surface area contributed by atoms with E-state index in [2.05, 4.69) is 34.0 Å². The second kappa shape index (κ2) is 10.1. The summed E-state index contributed by atoms with van der Waals surface area (Å²) in [6.45, 7) is 11.2. The lowest BCUT2D eigenvalue weighted by molar-refractivity contribution is 0.158. The first-order valence-electron chi connectivity index (χ1n) is 9.72. The van der Waals surface area contributed by atoms with Crippen molar-refractivity contribution in [3.05, 3.63) is 0 Å². The molecule has 2 unspecified atom stereocenters. The molecule has 0 spiro atoms. The number of rotatable bonds is 8. The number of hydrogen-bond donors (Lipinski definition) is 2. The third-order valence-corrected chi connectivity index (χ3v) is 5.50. The highest BCUT2D eigenvalue weighted by molar-refractivity contribution is 5.77. The minimum Gasteiger partial charge on any atom is -0.370 e. The van der Waals surface area contributed by atoms with Gasteiger partial charge in [-0.25, -0.2) is 0 Å². The molecule has 0 aliphatic carbocycles. The molecule has 0 amide bonds. The number of piperidine rings is 1. The Balaban J connectivity index is 1.54. The van der Waals surface area contributed by atoms with Gasteiger partial charge in [-0.1, -0.05) is 13.3 Å². The van der Waals surface area contributed by atoms with Crippen LogP contribution in [0.4, 0.5) is 0 Å². The fourth-order valence-corrected chi connectivity index (χ4v) is 3.92. The molecule has 134 valence electrons. The molecule has 2 aliphatic heterocycles. The van der Waals surface area contributed by atoms with Gasteiger partial charge < -0.3 is 16.0 Å². The highest BCUT2D eigenvalue weighted by atomic mass is 15.2. The van der Waals surface area contributed by atoms with E-state index in [-0.39, 0.29) is 0 Å². The Morgan fingerprint density at radius 3 is 2.74 bits per heavy atom. The number of unbranched alkanes of at least 4 members (excludes halogenated alkanes) is 1. The standard InChI is InChI=1S/C18H37N5/c1-3-22-14-8-10-17(22)15-21-18(19)20-11-5-7-13-23-12-6-4-9-16(23)2/h16-17H,3-15H2,1-2H3,(H3,19,20,21). The number of nitrogens with zero attached hydrogens (tertiary/aromatic N) is 3. The van der Waals surface area contributed by atoms with Crippen molar-refractivity contribution in [2.45, 2.75) is 70.9 Å². The average molecular weight is 324 g/mol. The van der Waals surface area contributed by atoms with Crippen LogP contribution in [0.3, 0.4) is 0 Å². The second-order valence-electron chi connectivity index (χ2n) is 7.17. The Morgan fingerprint density at radius 2 is 1.96 bits per heavy atom. The van der Waals surface area contributed by atoms with E-state index in [9.17, 15) is 0 Å². The van der Waals surface area contributed by atoms with Crippen molar-refractivity contribution < 1.29 is 0 Å². The van der Waals surface area contributed by atoms with Crippen LogP contribution in [-0.2, 0) is 0 Å². The summed E-state index contributed by atoms with van der Waals surface area (Å²) in [5, 5.41) is 3.28. The zero-order valence-corrected chi connectivity index (χ0v) is 15.3. The molecule has 5 heteroatoms. The molecule has 2 rings (SSSR count). The number of nitrogens with two attached hydrogens (primary N) is 1. The predicted molar refractivity (Wildman–Crippen MR) is 98.9 cm³/mol. The minimum absolute atomic E-state index is 0.598. The number of likely N-dealkylation sites (N-methyl/N-ethyl adjacent to an activating group) is 1. The van der Waals surface area contributed by atoms with E-state index in [0.717, 1.165) is 25.7 Å². The monoisotopic (exact) mass is 323 g/mol. The van der Waals surface area contributed by atoms with E-state index in [0.29, 0.717) is 12.0 Å². The van der Waals surface area contributed by atoms with Crippen molar-refractivity contribution in [2.24, 2.45) is 10.7 Å². The SMILES string of the molecule is CCN1CCCC1CN=C(N)NCCCCN1CCCCC1C. The topological polar surface area (TPSA) is 56.9 Å². The maximum absolute atomic E-state index is 6.00. The maximum atomic E-state index is 6.00. The third-order valence-electron chi connectivity index (χ3n) is 5.50. The molecular weight excluding hydrogens is 286 g/mol. The van der Waals surface area contributed by atoms with Crippen molar-refractivity contribution in [3.8, 4) is 0 Å². The van der Waals surface area contributed by atoms with E-state index in [1.807, 2.05) is 0 Å². The van der Waals surface area contributed by atoms with Crippen LogP contribution in [0.15, 0.2) is 4.99 Å². The van der Waals surface area contributed by atoms with Crippen LogP contribution >= 0.6 is 0 Å². The lowest BCUT2D eigenvalue weighted by atomic mass is 10.0. The summed E-state index contributed by atoms with van der Waals surface area (Å²) in [6.07, 6.45) is 9.13. The van der Waals surface area contributed by atoms with E-state index >= 15 is 0 Å². The van der Waals surface area contributed by atoms with Crippen LogP contribution in [0.1, 0.15) is 58.8 Å². The predicted octanol–water partition coefficient (Wildman–Crippen LogP) is 2.03. The Kier molecular flexibility index (Phi) is 8.17. The highest BCUT2D eigenvalue weighted by Crippen LogP contribution is 2.17. The van der Waals surface area contributed by atoms with Crippen LogP contribution in [-0.4, -0.2) is 67.1 Å². The molecule has 2 heterocycles. The Hall–Kier alpha value is -0.810. The van der Waals surface area contributed by atoms with Gasteiger partial charge >= 0.3 is 0 Å². The fourth-order valence-electron chi connectivity index (χ4n) is 3.92. The second-order valence-corrected chi connectivity index (χ2v) is 7.17. The summed E-state index contributed by atoms with van der Waals surface area (Å²) in [5.74, 6) is 0.624. The first kappa shape index (κ1) is 18.5. The smallest absolute Gasteiger partial charge is 0.188 e. The minimum atomic E-state index is 0.598. The van der Waals surface area contributed by atoms with Gasteiger partial charge in [0.05, 0.1) is 6.54 Å². The van der Waals surface area contributed by atoms with Crippen LogP contribution < -0.4 is 11.1 Å². The van der Waals surface area contributed by atoms with Crippen LogP contribution in [0.25, 0.3) is 0 Å². The molecule has 0 radical (unpaired) electrons. The van der Waals surface area contributed by atoms with E-state index in [4.69, 9.17) is 5.73 Å². The number of hydrogen-bond acceptors (Lipinski definition) is 3. The summed E-state index contributed by atoms with van der Waals surface area (Å²) >= 11 is 0. The number of guanidine groups is 1. The van der Waals surface area contributed by atoms with E-state index in [1.165, 1.54) is 64.6 Å². The molecule has 2 fully saturated rings. The Labute approximate surface area is 142 Å². The average Bonchev–Trinajstić information content (AvgIpc) is 3.02. The van der Waals surface area contributed by atoms with Gasteiger partial charge in [-0.15, -0.1) is 0 Å². The zero-order chi connectivity index (χ0) is 16.5. The number of nitrogens with one attached hydrogen (secondary N) is 1. The van der Waals surface area contributed by atoms with Gasteiger partial charge in [-0.05, 0) is 71.6 Å². The molecule has 2 atom stereocenters. The first-order valence-corrected chi connectivity index (χ1v) is 9.72. The van der Waals surface area contributed by atoms with Gasteiger partial charge in [0.25, 0.3) is 0 Å². The summed E-state index contributed by atoms with van der Waals surface area (Å²) in [5.41, 5.74) is 6.00. The van der Waals surface area contributed by atoms with Crippen LogP contribution in [0.2, 0.25) is 0 Å². The van der Waals surface area contributed by atoms with Crippen molar-refractivity contribution in [2.75, 3.05) is 39.3 Å². The molecule has 2 saturated heterocycles. The normalized spacial score (nSPS) is 27.5. The molecule has 0 saturated carbocycles. The third kappa shape index (κ3) is 6.30. The molecule has 0 aromatic heterocycles. The molecule has 0 aromatic rings. The summed E-state index contributed by atoms with van der Waals surface area (Å²) in [7, 11) is 0. The van der Waals surface area contributed by atoms with Crippen molar-refractivity contribution in [1.29, 1.82) is 0 Å². The molecule has 3 N–H and O–H groups in total. The summed E-state index contributed by atoms with van der Waals surface area (Å²) < 4.78 is 0. The van der Waals surface area contributed by atoms with Gasteiger partial charge in [0, 0.05) is 18.6 Å². The van der Waals surface area contributed by atoms with Crippen molar-refractivity contribution in [3.63, 3.8) is 0 Å². The molecule has 23 heavy (non-hydrogen) atoms. The van der Waals surface area contributed by atoms with Crippen molar-refractivity contribution >= 4 is 5.96 Å². The van der Waals surface area contributed by atoms with Crippen molar-refractivity contribution in [1.82, 2.24) is 15.1 Å². The summed E-state index contributed by atoms with van der Waals surface area (Å²) in [6, 6.07) is 1.37. The Morgan fingerprint density at radius 1 is 1.13 bits per heavy atom. The van der Waals surface area contributed by atoms with Crippen LogP contribution in [0.5, 0.6) is 0 Å². The number of likely N-dealkylation sites (tertiary alicyclic amines) is 2. The summed E-state index contributed by atoms with van der Waals surface area (Å²) in [4.78, 5) is 9.68. The maximum Gasteiger partial charge on any atom is 0.188 e. The van der Waals surface area contributed by atoms with Gasteiger partial charge in [-0.3, -0.25) is 9.89 Å². The highest BCUT2D eigenvalue weighted by Gasteiger charge is 2.22. The fraction of sp³-hybridized carbons (Fsp3) is 0.944. The van der Waals surface area contributed by atoms with Crippen LogP contribution in [0, 0.1) is 0 Å². The van der Waals surface area contributed by atoms with E-state index < -0.39 is 0 Å². The lowest BCUT2D eigenvalue weighted by Gasteiger charge is -2.33. The molecular formula is C18H37N5. The largest absolute Gasteiger partial charge is 0.370 e. The Bertz CT molecular complexity index is 357. The van der Waals surface area contributed by atoms with Gasteiger partial charge in [0.1, 0.15) is 0 Å². The van der Waals surface area contributed by atoms with Gasteiger partial charge in [0.2, 0.25) is 0 Å². The van der Waals surface area contributed by atoms with Gasteiger partial charge in [-0.2, -0.15) is 0 Å². The van der Waals surface area contributed by atoms with Gasteiger partial charge in [0.15, 0.2) is 5.96 Å². The lowest BCUT2D eigenvalue weighted by Crippen LogP contribution is -2.38. The quantitative estimate of drug-likeness (QED) is 0.408. The molecule has 5 nitrogen and oxygen atoms in total. The molecule has 2 aliphatic rings. The van der Waals surface area contributed by atoms with E-state index in [1.54, 1.807) is 0 Å². The number of aliphatic imine (C=N–C) groups is 1. The first-order chi connectivity index (χ1) is 11.2. The molecule has 0 bridgehead atoms. The zero-order valence-electron chi connectivity index (χ0n) is 15.3. The molecule has 0 aromatic carbocycles.